The predicted molar refractivity (Wildman–Crippen MR) is 93.1 cm³/mol. The third-order valence-electron chi connectivity index (χ3n) is 4.11. The van der Waals surface area contributed by atoms with Gasteiger partial charge in [-0.05, 0) is 18.9 Å². The zero-order valence-electron chi connectivity index (χ0n) is 13.2. The van der Waals surface area contributed by atoms with Crippen LogP contribution in [-0.4, -0.2) is 14.9 Å². The molecule has 3 rings (SSSR count). The SMILES string of the molecule is CCCc1nc2c(c(=O)n1S)C(c1ccc(C)cc1)CC(=O)N2. The quantitative estimate of drug-likeness (QED) is 0.851. The molecule has 120 valence electrons. The Morgan fingerprint density at radius 1 is 1.30 bits per heavy atom. The summed E-state index contributed by atoms with van der Waals surface area (Å²) >= 11 is 4.30. The summed E-state index contributed by atoms with van der Waals surface area (Å²) in [4.78, 5) is 29.3. The number of fused-ring (bicyclic) bond motifs is 1. The van der Waals surface area contributed by atoms with Crippen molar-refractivity contribution in [2.45, 2.75) is 39.0 Å². The van der Waals surface area contributed by atoms with E-state index < -0.39 is 0 Å². The molecule has 1 aromatic carbocycles. The first-order valence-corrected chi connectivity index (χ1v) is 8.12. The average molecular weight is 329 g/mol. The fraction of sp³-hybridized carbons (Fsp3) is 0.353. The molecule has 5 nitrogen and oxygen atoms in total. The first-order valence-electron chi connectivity index (χ1n) is 7.72. The van der Waals surface area contributed by atoms with E-state index in [0.717, 1.165) is 17.5 Å². The number of carbonyl (C=O) groups excluding carboxylic acids is 1. The monoisotopic (exact) mass is 329 g/mol. The third-order valence-corrected chi connectivity index (χ3v) is 4.52. The number of rotatable bonds is 3. The summed E-state index contributed by atoms with van der Waals surface area (Å²) in [5.74, 6) is 0.553. The lowest BCUT2D eigenvalue weighted by atomic mass is 9.86. The number of benzene rings is 1. The van der Waals surface area contributed by atoms with Crippen molar-refractivity contribution in [1.82, 2.24) is 8.96 Å². The number of aromatic nitrogens is 2. The van der Waals surface area contributed by atoms with Crippen LogP contribution in [0, 0.1) is 6.92 Å². The zero-order valence-corrected chi connectivity index (χ0v) is 14.1. The third kappa shape index (κ3) is 2.91. The molecule has 1 aromatic heterocycles. The Labute approximate surface area is 140 Å². The van der Waals surface area contributed by atoms with Gasteiger partial charge in [0.2, 0.25) is 5.91 Å². The summed E-state index contributed by atoms with van der Waals surface area (Å²) in [6, 6.07) is 7.90. The minimum Gasteiger partial charge on any atom is -0.310 e. The fourth-order valence-electron chi connectivity index (χ4n) is 2.92. The Hall–Kier alpha value is -2.08. The molecule has 1 N–H and O–H groups in total. The number of nitrogens with one attached hydrogen (secondary N) is 1. The van der Waals surface area contributed by atoms with Crippen molar-refractivity contribution in [2.24, 2.45) is 0 Å². The van der Waals surface area contributed by atoms with Gasteiger partial charge in [-0.3, -0.25) is 9.59 Å². The molecule has 1 atom stereocenters. The van der Waals surface area contributed by atoms with E-state index in [4.69, 9.17) is 0 Å². The molecule has 1 aliphatic heterocycles. The number of nitrogens with zero attached hydrogens (tertiary/aromatic N) is 2. The van der Waals surface area contributed by atoms with Crippen molar-refractivity contribution in [3.05, 3.63) is 57.1 Å². The Morgan fingerprint density at radius 2 is 2.00 bits per heavy atom. The van der Waals surface area contributed by atoms with Crippen LogP contribution in [0.3, 0.4) is 0 Å². The van der Waals surface area contributed by atoms with Crippen molar-refractivity contribution in [2.75, 3.05) is 5.32 Å². The van der Waals surface area contributed by atoms with Gasteiger partial charge in [-0.1, -0.05) is 49.6 Å². The van der Waals surface area contributed by atoms with Crippen molar-refractivity contribution >= 4 is 24.5 Å². The van der Waals surface area contributed by atoms with Crippen LogP contribution in [0.25, 0.3) is 0 Å². The number of hydrogen-bond acceptors (Lipinski definition) is 4. The highest BCUT2D eigenvalue weighted by Gasteiger charge is 2.31. The van der Waals surface area contributed by atoms with Crippen LogP contribution in [0.15, 0.2) is 29.1 Å². The summed E-state index contributed by atoms with van der Waals surface area (Å²) < 4.78 is 1.31. The summed E-state index contributed by atoms with van der Waals surface area (Å²) in [5.41, 5.74) is 2.40. The number of carbonyl (C=O) groups is 1. The second-order valence-electron chi connectivity index (χ2n) is 5.87. The van der Waals surface area contributed by atoms with Crippen molar-refractivity contribution in [3.63, 3.8) is 0 Å². The maximum atomic E-state index is 12.8. The summed E-state index contributed by atoms with van der Waals surface area (Å²) in [6.07, 6.45) is 1.73. The first kappa shape index (κ1) is 15.8. The van der Waals surface area contributed by atoms with Gasteiger partial charge in [-0.25, -0.2) is 8.96 Å². The molecule has 1 amide bonds. The Morgan fingerprint density at radius 3 is 2.65 bits per heavy atom. The van der Waals surface area contributed by atoms with Gasteiger partial charge in [0.25, 0.3) is 5.56 Å². The second kappa shape index (κ2) is 6.20. The number of thiol groups is 1. The highest BCUT2D eigenvalue weighted by Crippen LogP contribution is 2.34. The van der Waals surface area contributed by atoms with Crippen molar-refractivity contribution in [3.8, 4) is 0 Å². The van der Waals surface area contributed by atoms with Gasteiger partial charge in [0.15, 0.2) is 0 Å². The summed E-state index contributed by atoms with van der Waals surface area (Å²) in [6.45, 7) is 4.01. The van der Waals surface area contributed by atoms with Gasteiger partial charge in [0.1, 0.15) is 11.6 Å². The van der Waals surface area contributed by atoms with E-state index in [1.807, 2.05) is 38.1 Å². The molecule has 23 heavy (non-hydrogen) atoms. The Balaban J connectivity index is 2.17. The summed E-state index contributed by atoms with van der Waals surface area (Å²) in [5, 5.41) is 2.74. The van der Waals surface area contributed by atoms with E-state index in [0.29, 0.717) is 23.6 Å². The number of amides is 1. The molecular weight excluding hydrogens is 310 g/mol. The predicted octanol–water partition coefficient (Wildman–Crippen LogP) is 2.67. The Kier molecular flexibility index (Phi) is 4.26. The molecule has 2 aromatic rings. The van der Waals surface area contributed by atoms with E-state index >= 15 is 0 Å². The molecule has 0 saturated carbocycles. The molecule has 1 aliphatic rings. The van der Waals surface area contributed by atoms with E-state index in [-0.39, 0.29) is 23.8 Å². The van der Waals surface area contributed by atoms with Crippen LogP contribution in [0.4, 0.5) is 5.82 Å². The van der Waals surface area contributed by atoms with Crippen LogP contribution in [0.1, 0.15) is 48.2 Å². The lowest BCUT2D eigenvalue weighted by molar-refractivity contribution is -0.116. The number of hydrogen-bond donors (Lipinski definition) is 2. The maximum absolute atomic E-state index is 12.8. The second-order valence-corrected chi connectivity index (χ2v) is 6.27. The van der Waals surface area contributed by atoms with E-state index in [2.05, 4.69) is 23.1 Å². The van der Waals surface area contributed by atoms with Crippen LogP contribution >= 0.6 is 12.8 Å². The molecule has 0 aliphatic carbocycles. The number of anilines is 1. The molecule has 0 spiro atoms. The van der Waals surface area contributed by atoms with E-state index in [1.54, 1.807) is 0 Å². The van der Waals surface area contributed by atoms with Crippen LogP contribution in [0.2, 0.25) is 0 Å². The largest absolute Gasteiger partial charge is 0.310 e. The number of aryl methyl sites for hydroxylation is 2. The molecule has 2 heterocycles. The van der Waals surface area contributed by atoms with Gasteiger partial charge in [-0.15, -0.1) is 0 Å². The highest BCUT2D eigenvalue weighted by atomic mass is 32.1. The zero-order chi connectivity index (χ0) is 16.6. The standard InChI is InChI=1S/C17H19N3O2S/c1-3-4-13-18-16-15(17(22)20(13)23)12(9-14(21)19-16)11-7-5-10(2)6-8-11/h5-8,12,23H,3-4,9H2,1-2H3,(H,19,21). The average Bonchev–Trinajstić information content (AvgIpc) is 2.52. The molecule has 0 saturated heterocycles. The van der Waals surface area contributed by atoms with Gasteiger partial charge < -0.3 is 5.32 Å². The maximum Gasteiger partial charge on any atom is 0.269 e. The fourth-order valence-corrected chi connectivity index (χ4v) is 3.17. The lowest BCUT2D eigenvalue weighted by Crippen LogP contribution is -2.34. The van der Waals surface area contributed by atoms with Crippen LogP contribution in [-0.2, 0) is 11.2 Å². The van der Waals surface area contributed by atoms with Crippen LogP contribution < -0.4 is 10.9 Å². The smallest absolute Gasteiger partial charge is 0.269 e. The van der Waals surface area contributed by atoms with Crippen LogP contribution in [0.5, 0.6) is 0 Å². The minimum absolute atomic E-state index is 0.116. The van der Waals surface area contributed by atoms with Gasteiger partial charge in [0.05, 0.1) is 5.56 Å². The van der Waals surface area contributed by atoms with Gasteiger partial charge in [-0.2, -0.15) is 0 Å². The highest BCUT2D eigenvalue weighted by molar-refractivity contribution is 7.78. The van der Waals surface area contributed by atoms with Gasteiger partial charge >= 0.3 is 0 Å². The van der Waals surface area contributed by atoms with Crippen molar-refractivity contribution in [1.29, 1.82) is 0 Å². The van der Waals surface area contributed by atoms with E-state index in [9.17, 15) is 9.59 Å². The van der Waals surface area contributed by atoms with Crippen molar-refractivity contribution < 1.29 is 4.79 Å². The first-order chi connectivity index (χ1) is 11.0. The lowest BCUT2D eigenvalue weighted by Gasteiger charge is -2.25. The minimum atomic E-state index is -0.284. The normalized spacial score (nSPS) is 16.8. The molecule has 0 radical (unpaired) electrons. The summed E-state index contributed by atoms with van der Waals surface area (Å²) in [7, 11) is 0. The van der Waals surface area contributed by atoms with E-state index in [1.165, 1.54) is 3.97 Å². The molecule has 0 bridgehead atoms. The molecule has 0 fully saturated rings. The van der Waals surface area contributed by atoms with Gasteiger partial charge in [0, 0.05) is 18.8 Å². The molecule has 6 heteroatoms. The molecule has 1 unspecified atom stereocenters. The topological polar surface area (TPSA) is 64.0 Å². The Bertz CT molecular complexity index is 812. The molecular formula is C17H19N3O2S.